The highest BCUT2D eigenvalue weighted by Crippen LogP contribution is 2.41. The number of halogens is 1. The second kappa shape index (κ2) is 11.3. The maximum atomic E-state index is 13.6. The van der Waals surface area contributed by atoms with Gasteiger partial charge in [0.25, 0.3) is 5.91 Å². The number of hydrogen-bond donors (Lipinski definition) is 1. The molecule has 2 aliphatic rings. The molecule has 2 fully saturated rings. The van der Waals surface area contributed by atoms with Crippen LogP contribution in [0.3, 0.4) is 0 Å². The number of methoxy groups -OCH3 is 1. The van der Waals surface area contributed by atoms with Gasteiger partial charge < -0.3 is 19.7 Å². The summed E-state index contributed by atoms with van der Waals surface area (Å²) >= 11 is 1.70. The Morgan fingerprint density at radius 1 is 1.24 bits per heavy atom. The molecule has 0 bridgehead atoms. The molecule has 1 aromatic heterocycles. The minimum Gasteiger partial charge on any atom is -0.453 e. The minimum atomic E-state index is -0.442. The largest absolute Gasteiger partial charge is 0.453 e. The van der Waals surface area contributed by atoms with E-state index >= 15 is 0 Å². The molecule has 2 atom stereocenters. The van der Waals surface area contributed by atoms with Gasteiger partial charge in [-0.25, -0.2) is 9.18 Å². The van der Waals surface area contributed by atoms with E-state index in [1.54, 1.807) is 23.5 Å². The average Bonchev–Trinajstić information content (AvgIpc) is 3.60. The second-order valence-electron chi connectivity index (χ2n) is 9.02. The molecule has 2 heterocycles. The van der Waals surface area contributed by atoms with Gasteiger partial charge in [0.1, 0.15) is 11.9 Å². The molecular weight excluding hydrogens is 455 g/mol. The maximum Gasteiger partial charge on any atom is 0.406 e. The molecule has 2 amide bonds. The van der Waals surface area contributed by atoms with Gasteiger partial charge in [-0.1, -0.05) is 12.1 Å². The summed E-state index contributed by atoms with van der Waals surface area (Å²) in [6.45, 7) is 3.26. The number of nitrogens with one attached hydrogen (secondary N) is 1. The molecule has 8 heteroatoms. The molecule has 6 nitrogen and oxygen atoms in total. The van der Waals surface area contributed by atoms with Gasteiger partial charge in [-0.2, -0.15) is 0 Å². The monoisotopic (exact) mass is 488 g/mol. The van der Waals surface area contributed by atoms with Crippen molar-refractivity contribution < 1.29 is 23.5 Å². The number of amides is 2. The van der Waals surface area contributed by atoms with E-state index in [4.69, 9.17) is 4.74 Å². The van der Waals surface area contributed by atoms with Crippen molar-refractivity contribution in [3.8, 4) is 11.1 Å². The molecule has 1 aliphatic heterocycles. The van der Waals surface area contributed by atoms with E-state index in [0.717, 1.165) is 65.8 Å². The number of ether oxygens (including phenoxy) is 2. The molecule has 1 aromatic carbocycles. The van der Waals surface area contributed by atoms with Crippen molar-refractivity contribution in [2.45, 2.75) is 70.1 Å². The van der Waals surface area contributed by atoms with Crippen molar-refractivity contribution in [2.24, 2.45) is 0 Å². The van der Waals surface area contributed by atoms with Crippen LogP contribution in [-0.4, -0.2) is 49.3 Å². The van der Waals surface area contributed by atoms with Crippen LogP contribution in [0.25, 0.3) is 11.1 Å². The highest BCUT2D eigenvalue weighted by atomic mass is 32.1. The van der Waals surface area contributed by atoms with E-state index in [-0.39, 0.29) is 29.9 Å². The zero-order valence-electron chi connectivity index (χ0n) is 19.8. The van der Waals surface area contributed by atoms with Gasteiger partial charge in [0.15, 0.2) is 0 Å². The van der Waals surface area contributed by atoms with Crippen LogP contribution in [0.5, 0.6) is 0 Å². The van der Waals surface area contributed by atoms with Gasteiger partial charge in [-0.3, -0.25) is 4.79 Å². The Morgan fingerprint density at radius 3 is 2.65 bits per heavy atom. The quantitative estimate of drug-likeness (QED) is 0.476. The maximum absolute atomic E-state index is 13.6. The minimum absolute atomic E-state index is 0.0586. The van der Waals surface area contributed by atoms with Crippen LogP contribution in [0.1, 0.15) is 61.2 Å². The summed E-state index contributed by atoms with van der Waals surface area (Å²) in [5.41, 5.74) is 2.01. The Kier molecular flexibility index (Phi) is 8.21. The topological polar surface area (TPSA) is 67.9 Å². The van der Waals surface area contributed by atoms with E-state index < -0.39 is 6.09 Å². The fraction of sp³-hybridized carbons (Fsp3) is 0.538. The molecular formula is C26H33FN2O4S. The summed E-state index contributed by atoms with van der Waals surface area (Å²) in [7, 11) is 1.35. The SMILES string of the molecule is COC(=O)NCCCc1sc([C@@H](C)N(C(=O)[C@H]2CCCCO2)C2CC2)cc1-c1ccc(F)cc1. The molecule has 1 saturated carbocycles. The highest BCUT2D eigenvalue weighted by Gasteiger charge is 2.40. The highest BCUT2D eigenvalue weighted by molar-refractivity contribution is 7.12. The number of aryl methyl sites for hydroxylation is 1. The molecule has 184 valence electrons. The zero-order valence-corrected chi connectivity index (χ0v) is 20.7. The molecule has 1 saturated heterocycles. The molecule has 0 spiro atoms. The normalized spacial score (nSPS) is 18.9. The van der Waals surface area contributed by atoms with Crippen LogP contribution < -0.4 is 5.32 Å². The van der Waals surface area contributed by atoms with E-state index in [1.807, 2.05) is 4.90 Å². The summed E-state index contributed by atoms with van der Waals surface area (Å²) < 4.78 is 24.0. The van der Waals surface area contributed by atoms with E-state index in [0.29, 0.717) is 13.2 Å². The smallest absolute Gasteiger partial charge is 0.406 e. The number of nitrogens with zero attached hydrogens (tertiary/aromatic N) is 1. The van der Waals surface area contributed by atoms with Gasteiger partial charge in [0, 0.05) is 28.9 Å². The first-order chi connectivity index (χ1) is 16.5. The number of alkyl carbamates (subject to hydrolysis) is 1. The summed E-state index contributed by atoms with van der Waals surface area (Å²) in [4.78, 5) is 29.1. The third-order valence-corrected chi connectivity index (χ3v) is 7.86. The molecule has 1 N–H and O–H groups in total. The molecule has 2 aromatic rings. The fourth-order valence-corrected chi connectivity index (χ4v) is 5.78. The lowest BCUT2D eigenvalue weighted by Gasteiger charge is -2.33. The molecule has 0 radical (unpaired) electrons. The Balaban J connectivity index is 1.56. The van der Waals surface area contributed by atoms with Crippen LogP contribution in [0.4, 0.5) is 9.18 Å². The average molecular weight is 489 g/mol. The van der Waals surface area contributed by atoms with Crippen molar-refractivity contribution >= 4 is 23.3 Å². The van der Waals surface area contributed by atoms with Crippen molar-refractivity contribution in [1.82, 2.24) is 10.2 Å². The van der Waals surface area contributed by atoms with Crippen LogP contribution in [0.15, 0.2) is 30.3 Å². The number of benzene rings is 1. The Labute approximate surface area is 204 Å². The summed E-state index contributed by atoms with van der Waals surface area (Å²) in [5, 5.41) is 2.72. The lowest BCUT2D eigenvalue weighted by Crippen LogP contribution is -2.44. The third kappa shape index (κ3) is 5.96. The first kappa shape index (κ1) is 24.7. The van der Waals surface area contributed by atoms with Crippen molar-refractivity contribution in [3.63, 3.8) is 0 Å². The fourth-order valence-electron chi connectivity index (χ4n) is 4.50. The van der Waals surface area contributed by atoms with Gasteiger partial charge in [0.2, 0.25) is 0 Å². The molecule has 1 aliphatic carbocycles. The zero-order chi connectivity index (χ0) is 24.1. The van der Waals surface area contributed by atoms with Crippen LogP contribution in [0, 0.1) is 5.82 Å². The van der Waals surface area contributed by atoms with Gasteiger partial charge in [0.05, 0.1) is 13.2 Å². The Hall–Kier alpha value is -2.45. The number of rotatable bonds is 9. The third-order valence-electron chi connectivity index (χ3n) is 6.50. The lowest BCUT2D eigenvalue weighted by atomic mass is 10.0. The summed E-state index contributed by atoms with van der Waals surface area (Å²) in [6, 6.07) is 8.89. The summed E-state index contributed by atoms with van der Waals surface area (Å²) in [6.07, 6.45) is 5.63. The molecule has 4 rings (SSSR count). The first-order valence-electron chi connectivity index (χ1n) is 12.1. The van der Waals surface area contributed by atoms with Crippen molar-refractivity contribution in [2.75, 3.05) is 20.3 Å². The Bertz CT molecular complexity index is 983. The van der Waals surface area contributed by atoms with Crippen LogP contribution >= 0.6 is 11.3 Å². The van der Waals surface area contributed by atoms with E-state index in [9.17, 15) is 14.0 Å². The van der Waals surface area contributed by atoms with Crippen molar-refractivity contribution in [1.29, 1.82) is 0 Å². The predicted octanol–water partition coefficient (Wildman–Crippen LogP) is 5.46. The van der Waals surface area contributed by atoms with E-state index in [1.165, 1.54) is 19.2 Å². The van der Waals surface area contributed by atoms with E-state index in [2.05, 4.69) is 23.0 Å². The van der Waals surface area contributed by atoms with Crippen LogP contribution in [-0.2, 0) is 20.7 Å². The number of carbonyl (C=O) groups is 2. The molecule has 34 heavy (non-hydrogen) atoms. The van der Waals surface area contributed by atoms with Gasteiger partial charge >= 0.3 is 6.09 Å². The predicted molar refractivity (Wildman–Crippen MR) is 130 cm³/mol. The lowest BCUT2D eigenvalue weighted by molar-refractivity contribution is -0.149. The number of thiophene rings is 1. The number of carbonyl (C=O) groups excluding carboxylic acids is 2. The Morgan fingerprint density at radius 2 is 2.00 bits per heavy atom. The van der Waals surface area contributed by atoms with Gasteiger partial charge in [-0.05, 0) is 81.2 Å². The number of hydrogen-bond acceptors (Lipinski definition) is 5. The summed E-state index contributed by atoms with van der Waals surface area (Å²) in [5.74, 6) is -0.162. The van der Waals surface area contributed by atoms with Crippen molar-refractivity contribution in [3.05, 3.63) is 45.9 Å². The standard InChI is InChI=1S/C26H33FN2O4S/c1-17(29(20-12-13-20)25(30)22-6-3-4-15-33-22)24-16-21(18-8-10-19(27)11-9-18)23(34-24)7-5-14-28-26(31)32-2/h8-11,16-17,20,22H,3-7,12-15H2,1-2H3,(H,28,31)/t17-,22-/m1/s1. The first-order valence-corrected chi connectivity index (χ1v) is 12.9. The molecule has 0 unspecified atom stereocenters. The second-order valence-corrected chi connectivity index (χ2v) is 10.2. The van der Waals surface area contributed by atoms with Gasteiger partial charge in [-0.15, -0.1) is 11.3 Å². The van der Waals surface area contributed by atoms with Crippen LogP contribution in [0.2, 0.25) is 0 Å².